The normalized spacial score (nSPS) is 23.7. The summed E-state index contributed by atoms with van der Waals surface area (Å²) in [6.45, 7) is 4.35. The van der Waals surface area contributed by atoms with E-state index in [9.17, 15) is 8.42 Å². The molecule has 1 N–H and O–H groups in total. The number of fused-ring (bicyclic) bond motifs is 1. The highest BCUT2D eigenvalue weighted by molar-refractivity contribution is 7.91. The van der Waals surface area contributed by atoms with Gasteiger partial charge in [-0.15, -0.1) is 0 Å². The molecule has 3 nitrogen and oxygen atoms in total. The summed E-state index contributed by atoms with van der Waals surface area (Å²) in [7, 11) is -1.12. The Labute approximate surface area is 110 Å². The zero-order chi connectivity index (χ0) is 13.3. The van der Waals surface area contributed by atoms with Crippen LogP contribution in [0.3, 0.4) is 0 Å². The van der Waals surface area contributed by atoms with Crippen LogP contribution in [-0.4, -0.2) is 27.3 Å². The molecule has 4 heteroatoms. The van der Waals surface area contributed by atoms with E-state index in [1.807, 2.05) is 25.2 Å². The quantitative estimate of drug-likeness (QED) is 0.913. The van der Waals surface area contributed by atoms with Gasteiger partial charge in [-0.3, -0.25) is 0 Å². The molecule has 0 saturated carbocycles. The molecule has 0 fully saturated rings. The van der Waals surface area contributed by atoms with Crippen molar-refractivity contribution in [3.63, 3.8) is 0 Å². The van der Waals surface area contributed by atoms with Gasteiger partial charge in [-0.1, -0.05) is 32.0 Å². The third-order valence-corrected chi connectivity index (χ3v) is 5.65. The largest absolute Gasteiger partial charge is 0.316 e. The lowest BCUT2D eigenvalue weighted by atomic mass is 9.83. The van der Waals surface area contributed by atoms with E-state index in [1.54, 1.807) is 6.07 Å². The number of nitrogens with one attached hydrogen (secondary N) is 1. The fourth-order valence-corrected chi connectivity index (χ4v) is 4.64. The highest BCUT2D eigenvalue weighted by Gasteiger charge is 2.34. The third-order valence-electron chi connectivity index (χ3n) is 3.84. The van der Waals surface area contributed by atoms with E-state index >= 15 is 0 Å². The van der Waals surface area contributed by atoms with Crippen LogP contribution in [0, 0.1) is 5.92 Å². The Morgan fingerprint density at radius 3 is 2.56 bits per heavy atom. The highest BCUT2D eigenvalue weighted by atomic mass is 32.2. The first kappa shape index (κ1) is 13.6. The average molecular weight is 267 g/mol. The molecule has 2 atom stereocenters. The average Bonchev–Trinajstić information content (AvgIpc) is 2.33. The SMILES string of the molecule is CNC(C(C)C)C1CCS(=O)(=O)c2ccccc21. The maximum absolute atomic E-state index is 12.1. The highest BCUT2D eigenvalue weighted by Crippen LogP contribution is 2.37. The van der Waals surface area contributed by atoms with E-state index in [0.29, 0.717) is 23.3 Å². The van der Waals surface area contributed by atoms with Crippen molar-refractivity contribution in [3.8, 4) is 0 Å². The maximum Gasteiger partial charge on any atom is 0.178 e. The Hall–Kier alpha value is -0.870. The molecule has 0 radical (unpaired) electrons. The Bertz CT molecular complexity index is 522. The summed E-state index contributed by atoms with van der Waals surface area (Å²) in [5.41, 5.74) is 0.983. The molecular formula is C14H21NO2S. The molecule has 18 heavy (non-hydrogen) atoms. The minimum absolute atomic E-state index is 0.263. The van der Waals surface area contributed by atoms with Crippen molar-refractivity contribution in [2.75, 3.05) is 12.8 Å². The van der Waals surface area contributed by atoms with Crippen molar-refractivity contribution in [1.29, 1.82) is 0 Å². The van der Waals surface area contributed by atoms with Gasteiger partial charge in [0.2, 0.25) is 0 Å². The lowest BCUT2D eigenvalue weighted by molar-refractivity contribution is 0.348. The summed E-state index contributed by atoms with van der Waals surface area (Å²) in [6.07, 6.45) is 0.711. The van der Waals surface area contributed by atoms with Crippen LogP contribution >= 0.6 is 0 Å². The zero-order valence-electron chi connectivity index (χ0n) is 11.2. The summed E-state index contributed by atoms with van der Waals surface area (Å²) >= 11 is 0. The van der Waals surface area contributed by atoms with E-state index < -0.39 is 9.84 Å². The Kier molecular flexibility index (Phi) is 3.78. The fraction of sp³-hybridized carbons (Fsp3) is 0.571. The van der Waals surface area contributed by atoms with Crippen LogP contribution in [0.2, 0.25) is 0 Å². The molecule has 2 unspecified atom stereocenters. The lowest BCUT2D eigenvalue weighted by Gasteiger charge is -2.34. The van der Waals surface area contributed by atoms with Gasteiger partial charge in [-0.2, -0.15) is 0 Å². The van der Waals surface area contributed by atoms with Crippen molar-refractivity contribution in [2.45, 2.75) is 37.1 Å². The molecule has 100 valence electrons. The van der Waals surface area contributed by atoms with Gasteiger partial charge in [0.15, 0.2) is 9.84 Å². The fourth-order valence-electron chi connectivity index (χ4n) is 2.99. The van der Waals surface area contributed by atoms with Crippen molar-refractivity contribution in [3.05, 3.63) is 29.8 Å². The first-order chi connectivity index (χ1) is 8.47. The topological polar surface area (TPSA) is 46.2 Å². The molecular weight excluding hydrogens is 246 g/mol. The molecule has 1 heterocycles. The van der Waals surface area contributed by atoms with Gasteiger partial charge in [-0.05, 0) is 31.0 Å². The number of likely N-dealkylation sites (N-methyl/N-ethyl adjacent to an activating group) is 1. The molecule has 0 spiro atoms. The molecule has 0 bridgehead atoms. The van der Waals surface area contributed by atoms with Crippen LogP contribution in [0.25, 0.3) is 0 Å². The predicted octanol–water partition coefficient (Wildman–Crippen LogP) is 2.19. The molecule has 0 aliphatic carbocycles. The molecule has 2 rings (SSSR count). The van der Waals surface area contributed by atoms with Crippen LogP contribution in [0.4, 0.5) is 0 Å². The number of rotatable bonds is 3. The van der Waals surface area contributed by atoms with Crippen LogP contribution in [-0.2, 0) is 9.84 Å². The van der Waals surface area contributed by atoms with Crippen LogP contribution in [0.15, 0.2) is 29.2 Å². The van der Waals surface area contributed by atoms with E-state index in [4.69, 9.17) is 0 Å². The second-order valence-electron chi connectivity index (χ2n) is 5.31. The minimum Gasteiger partial charge on any atom is -0.316 e. The lowest BCUT2D eigenvalue weighted by Crippen LogP contribution is -2.39. The van der Waals surface area contributed by atoms with E-state index in [2.05, 4.69) is 19.2 Å². The van der Waals surface area contributed by atoms with Crippen molar-refractivity contribution in [2.24, 2.45) is 5.92 Å². The van der Waals surface area contributed by atoms with E-state index in [-0.39, 0.29) is 11.7 Å². The van der Waals surface area contributed by atoms with Crippen molar-refractivity contribution < 1.29 is 8.42 Å². The summed E-state index contributed by atoms with van der Waals surface area (Å²) in [5.74, 6) is 1.03. The second kappa shape index (κ2) is 5.02. The molecule has 1 aromatic rings. The van der Waals surface area contributed by atoms with Gasteiger partial charge in [0, 0.05) is 12.0 Å². The maximum atomic E-state index is 12.1. The molecule has 0 saturated heterocycles. The molecule has 0 amide bonds. The number of hydrogen-bond acceptors (Lipinski definition) is 3. The van der Waals surface area contributed by atoms with Crippen molar-refractivity contribution >= 4 is 9.84 Å². The van der Waals surface area contributed by atoms with Crippen LogP contribution < -0.4 is 5.32 Å². The Morgan fingerprint density at radius 2 is 1.94 bits per heavy atom. The Balaban J connectivity index is 2.49. The smallest absolute Gasteiger partial charge is 0.178 e. The third kappa shape index (κ3) is 2.31. The summed E-state index contributed by atoms with van der Waals surface area (Å²) in [5, 5.41) is 3.34. The van der Waals surface area contributed by atoms with Gasteiger partial charge in [0.05, 0.1) is 10.6 Å². The molecule has 1 aliphatic rings. The van der Waals surface area contributed by atoms with Gasteiger partial charge < -0.3 is 5.32 Å². The number of sulfone groups is 1. The van der Waals surface area contributed by atoms with E-state index in [0.717, 1.165) is 5.56 Å². The number of hydrogen-bond donors (Lipinski definition) is 1. The van der Waals surface area contributed by atoms with Gasteiger partial charge in [0.1, 0.15) is 0 Å². The van der Waals surface area contributed by atoms with Crippen molar-refractivity contribution in [1.82, 2.24) is 5.32 Å². The standard InChI is InChI=1S/C14H21NO2S/c1-10(2)14(15-3)12-8-9-18(16,17)13-7-5-4-6-11(12)13/h4-7,10,12,14-15H,8-9H2,1-3H3. The summed E-state index contributed by atoms with van der Waals surface area (Å²) < 4.78 is 24.2. The zero-order valence-corrected chi connectivity index (χ0v) is 12.0. The number of benzene rings is 1. The minimum atomic E-state index is -3.07. The van der Waals surface area contributed by atoms with Crippen LogP contribution in [0.1, 0.15) is 31.7 Å². The van der Waals surface area contributed by atoms with Gasteiger partial charge in [0.25, 0.3) is 0 Å². The monoisotopic (exact) mass is 267 g/mol. The molecule has 1 aromatic carbocycles. The first-order valence-corrected chi connectivity index (χ1v) is 8.11. The molecule has 0 aromatic heterocycles. The Morgan fingerprint density at radius 1 is 1.28 bits per heavy atom. The molecule has 1 aliphatic heterocycles. The first-order valence-electron chi connectivity index (χ1n) is 6.46. The van der Waals surface area contributed by atoms with Gasteiger partial charge >= 0.3 is 0 Å². The summed E-state index contributed by atoms with van der Waals surface area (Å²) in [6, 6.07) is 7.76. The summed E-state index contributed by atoms with van der Waals surface area (Å²) in [4.78, 5) is 0.530. The van der Waals surface area contributed by atoms with Crippen LogP contribution in [0.5, 0.6) is 0 Å². The second-order valence-corrected chi connectivity index (χ2v) is 7.39. The predicted molar refractivity (Wildman–Crippen MR) is 73.5 cm³/mol. The van der Waals surface area contributed by atoms with Gasteiger partial charge in [-0.25, -0.2) is 8.42 Å². The van der Waals surface area contributed by atoms with E-state index in [1.165, 1.54) is 0 Å².